The van der Waals surface area contributed by atoms with Crippen LogP contribution in [-0.4, -0.2) is 15.1 Å². The summed E-state index contributed by atoms with van der Waals surface area (Å²) in [6.45, 7) is 2.91. The predicted octanol–water partition coefficient (Wildman–Crippen LogP) is 3.39. The van der Waals surface area contributed by atoms with Crippen molar-refractivity contribution >= 4 is 38.4 Å². The Balaban J connectivity index is 2.58. The molecule has 0 fully saturated rings. The Bertz CT molecular complexity index is 464. The minimum absolute atomic E-state index is 0.772. The van der Waals surface area contributed by atoms with Gasteiger partial charge in [-0.05, 0) is 24.6 Å². The second-order valence-electron chi connectivity index (χ2n) is 3.24. The standard InChI is InChI=1S/C10H10BrClN2/c1-7-4-9(12)5-8-6-14(3-2-11)13-10(7)8/h4-6H,2-3H2,1H3. The lowest BCUT2D eigenvalue weighted by molar-refractivity contribution is 0.677. The van der Waals surface area contributed by atoms with Crippen molar-refractivity contribution in [3.8, 4) is 0 Å². The Morgan fingerprint density at radius 1 is 1.50 bits per heavy atom. The number of alkyl halides is 1. The Morgan fingerprint density at radius 2 is 2.29 bits per heavy atom. The summed E-state index contributed by atoms with van der Waals surface area (Å²) in [6, 6.07) is 3.89. The Kier molecular flexibility index (Phi) is 2.79. The molecule has 0 aliphatic carbocycles. The third kappa shape index (κ3) is 1.79. The number of aryl methyl sites for hydroxylation is 2. The SMILES string of the molecule is Cc1cc(Cl)cc2cn(CCBr)nc12. The predicted molar refractivity (Wildman–Crippen MR) is 63.3 cm³/mol. The molecule has 0 radical (unpaired) electrons. The summed E-state index contributed by atoms with van der Waals surface area (Å²) in [6.07, 6.45) is 2.02. The smallest absolute Gasteiger partial charge is 0.0953 e. The number of rotatable bonds is 2. The number of aromatic nitrogens is 2. The quantitative estimate of drug-likeness (QED) is 0.767. The lowest BCUT2D eigenvalue weighted by atomic mass is 10.2. The van der Waals surface area contributed by atoms with Crippen molar-refractivity contribution in [1.82, 2.24) is 9.78 Å². The second-order valence-corrected chi connectivity index (χ2v) is 4.47. The summed E-state index contributed by atoms with van der Waals surface area (Å²) in [4.78, 5) is 0. The van der Waals surface area contributed by atoms with Crippen molar-refractivity contribution in [2.24, 2.45) is 0 Å². The van der Waals surface area contributed by atoms with Gasteiger partial charge in [0.1, 0.15) is 0 Å². The fourth-order valence-electron chi connectivity index (χ4n) is 1.52. The van der Waals surface area contributed by atoms with Crippen LogP contribution in [0.15, 0.2) is 18.3 Å². The van der Waals surface area contributed by atoms with Crippen LogP contribution in [0, 0.1) is 6.92 Å². The summed E-state index contributed by atoms with van der Waals surface area (Å²) < 4.78 is 1.93. The molecule has 1 aromatic carbocycles. The molecule has 0 saturated carbocycles. The van der Waals surface area contributed by atoms with Crippen molar-refractivity contribution in [1.29, 1.82) is 0 Å². The summed E-state index contributed by atoms with van der Waals surface area (Å²) in [7, 11) is 0. The summed E-state index contributed by atoms with van der Waals surface area (Å²) in [5.74, 6) is 0. The highest BCUT2D eigenvalue weighted by molar-refractivity contribution is 9.09. The molecule has 4 heteroatoms. The molecular formula is C10H10BrClN2. The van der Waals surface area contributed by atoms with E-state index < -0.39 is 0 Å². The van der Waals surface area contributed by atoms with Gasteiger partial charge in [0.2, 0.25) is 0 Å². The van der Waals surface area contributed by atoms with Crippen LogP contribution in [0.4, 0.5) is 0 Å². The molecule has 1 aromatic heterocycles. The van der Waals surface area contributed by atoms with Gasteiger partial charge in [-0.1, -0.05) is 27.5 Å². The highest BCUT2D eigenvalue weighted by Gasteiger charge is 2.04. The molecule has 0 aliphatic rings. The van der Waals surface area contributed by atoms with Gasteiger partial charge in [-0.25, -0.2) is 0 Å². The van der Waals surface area contributed by atoms with E-state index in [1.54, 1.807) is 0 Å². The van der Waals surface area contributed by atoms with Crippen LogP contribution >= 0.6 is 27.5 Å². The minimum Gasteiger partial charge on any atom is -0.271 e. The summed E-state index contributed by atoms with van der Waals surface area (Å²) >= 11 is 9.35. The van der Waals surface area contributed by atoms with Crippen LogP contribution in [0.1, 0.15) is 5.56 Å². The fraction of sp³-hybridized carbons (Fsp3) is 0.300. The molecule has 74 valence electrons. The van der Waals surface area contributed by atoms with Crippen molar-refractivity contribution < 1.29 is 0 Å². The van der Waals surface area contributed by atoms with E-state index in [0.717, 1.165) is 33.4 Å². The molecule has 0 aliphatic heterocycles. The van der Waals surface area contributed by atoms with Gasteiger partial charge in [-0.15, -0.1) is 0 Å². The third-order valence-electron chi connectivity index (χ3n) is 2.12. The van der Waals surface area contributed by atoms with Crippen LogP contribution in [0.5, 0.6) is 0 Å². The molecule has 0 bridgehead atoms. The summed E-state index contributed by atoms with van der Waals surface area (Å²) in [5.41, 5.74) is 2.16. The first kappa shape index (κ1) is 9.99. The van der Waals surface area contributed by atoms with E-state index in [0.29, 0.717) is 0 Å². The molecule has 0 atom stereocenters. The van der Waals surface area contributed by atoms with E-state index in [9.17, 15) is 0 Å². The van der Waals surface area contributed by atoms with Crippen LogP contribution in [0.3, 0.4) is 0 Å². The Labute approximate surface area is 96.0 Å². The lowest BCUT2D eigenvalue weighted by Gasteiger charge is -1.95. The Morgan fingerprint density at radius 3 is 3.00 bits per heavy atom. The number of hydrogen-bond acceptors (Lipinski definition) is 1. The number of nitrogens with zero attached hydrogens (tertiary/aromatic N) is 2. The van der Waals surface area contributed by atoms with E-state index in [1.807, 2.05) is 29.9 Å². The van der Waals surface area contributed by atoms with Crippen LogP contribution in [0.25, 0.3) is 10.9 Å². The number of hydrogen-bond donors (Lipinski definition) is 0. The van der Waals surface area contributed by atoms with E-state index in [1.165, 1.54) is 0 Å². The van der Waals surface area contributed by atoms with Crippen LogP contribution in [0.2, 0.25) is 5.02 Å². The normalized spacial score (nSPS) is 11.1. The van der Waals surface area contributed by atoms with Crippen molar-refractivity contribution in [3.05, 3.63) is 28.9 Å². The average Bonchev–Trinajstić information content (AvgIpc) is 2.48. The first-order valence-electron chi connectivity index (χ1n) is 4.40. The highest BCUT2D eigenvalue weighted by Crippen LogP contribution is 2.22. The highest BCUT2D eigenvalue weighted by atomic mass is 79.9. The van der Waals surface area contributed by atoms with Gasteiger partial charge in [0.15, 0.2) is 0 Å². The van der Waals surface area contributed by atoms with Crippen LogP contribution in [-0.2, 0) is 6.54 Å². The molecule has 0 N–H and O–H groups in total. The average molecular weight is 274 g/mol. The molecule has 0 unspecified atom stereocenters. The van der Waals surface area contributed by atoms with Gasteiger partial charge < -0.3 is 0 Å². The molecule has 0 saturated heterocycles. The van der Waals surface area contributed by atoms with Crippen molar-refractivity contribution in [2.45, 2.75) is 13.5 Å². The maximum absolute atomic E-state index is 5.96. The van der Waals surface area contributed by atoms with E-state index in [4.69, 9.17) is 11.6 Å². The molecule has 2 rings (SSSR count). The van der Waals surface area contributed by atoms with Crippen LogP contribution < -0.4 is 0 Å². The fourth-order valence-corrected chi connectivity index (χ4v) is 2.16. The molecule has 0 spiro atoms. The second kappa shape index (κ2) is 3.91. The van der Waals surface area contributed by atoms with E-state index in [-0.39, 0.29) is 0 Å². The number of benzene rings is 1. The summed E-state index contributed by atoms with van der Waals surface area (Å²) in [5, 5.41) is 7.26. The first-order chi connectivity index (χ1) is 6.70. The largest absolute Gasteiger partial charge is 0.271 e. The van der Waals surface area contributed by atoms with Gasteiger partial charge in [-0.3, -0.25) is 4.68 Å². The minimum atomic E-state index is 0.772. The maximum Gasteiger partial charge on any atom is 0.0953 e. The van der Waals surface area contributed by atoms with Gasteiger partial charge in [-0.2, -0.15) is 5.10 Å². The topological polar surface area (TPSA) is 17.8 Å². The molecule has 1 heterocycles. The molecule has 2 aromatic rings. The zero-order chi connectivity index (χ0) is 10.1. The lowest BCUT2D eigenvalue weighted by Crippen LogP contribution is -1.98. The van der Waals surface area contributed by atoms with Gasteiger partial charge in [0.25, 0.3) is 0 Å². The molecule has 2 nitrogen and oxygen atoms in total. The Hall–Kier alpha value is -0.540. The molecule has 0 amide bonds. The maximum atomic E-state index is 5.96. The number of fused-ring (bicyclic) bond motifs is 1. The molecular weight excluding hydrogens is 263 g/mol. The van der Waals surface area contributed by atoms with Crippen molar-refractivity contribution in [3.63, 3.8) is 0 Å². The first-order valence-corrected chi connectivity index (χ1v) is 5.90. The van der Waals surface area contributed by atoms with Crippen molar-refractivity contribution in [2.75, 3.05) is 5.33 Å². The third-order valence-corrected chi connectivity index (χ3v) is 2.70. The van der Waals surface area contributed by atoms with Gasteiger partial charge >= 0.3 is 0 Å². The zero-order valence-electron chi connectivity index (χ0n) is 7.80. The van der Waals surface area contributed by atoms with E-state index >= 15 is 0 Å². The number of halogens is 2. The zero-order valence-corrected chi connectivity index (χ0v) is 10.1. The molecule has 14 heavy (non-hydrogen) atoms. The monoisotopic (exact) mass is 272 g/mol. The van der Waals surface area contributed by atoms with E-state index in [2.05, 4.69) is 21.0 Å². The van der Waals surface area contributed by atoms with Gasteiger partial charge in [0, 0.05) is 21.9 Å². The van der Waals surface area contributed by atoms with Gasteiger partial charge in [0.05, 0.1) is 12.1 Å².